The van der Waals surface area contributed by atoms with Crippen molar-refractivity contribution in [2.45, 2.75) is 44.6 Å². The zero-order valence-corrected chi connectivity index (χ0v) is 8.76. The summed E-state index contributed by atoms with van der Waals surface area (Å²) < 4.78 is 0. The average Bonchev–Trinajstić information content (AvgIpc) is 2.89. The van der Waals surface area contributed by atoms with Crippen molar-refractivity contribution in [3.8, 4) is 0 Å². The number of nitrogens with two attached hydrogens (primary N) is 1. The second-order valence-corrected chi connectivity index (χ2v) is 5.06. The Bertz CT molecular complexity index is 169. The molecule has 0 amide bonds. The molecule has 2 aliphatic rings. The summed E-state index contributed by atoms with van der Waals surface area (Å²) in [6, 6.07) is 0.893. The maximum absolute atomic E-state index is 5.91. The van der Waals surface area contributed by atoms with Gasteiger partial charge in [-0.05, 0) is 44.7 Å². The van der Waals surface area contributed by atoms with E-state index in [-0.39, 0.29) is 0 Å². The SMILES string of the molecule is CN(CC1(CN)CCCC1)C1CC1. The Balaban J connectivity index is 1.88. The fourth-order valence-electron chi connectivity index (χ4n) is 2.73. The first-order chi connectivity index (χ1) is 6.26. The molecule has 2 fully saturated rings. The number of nitrogens with zero attached hydrogens (tertiary/aromatic N) is 1. The minimum Gasteiger partial charge on any atom is -0.330 e. The van der Waals surface area contributed by atoms with Crippen LogP contribution in [0.15, 0.2) is 0 Å². The van der Waals surface area contributed by atoms with Gasteiger partial charge in [0.2, 0.25) is 0 Å². The van der Waals surface area contributed by atoms with E-state index in [0.717, 1.165) is 12.6 Å². The lowest BCUT2D eigenvalue weighted by atomic mass is 9.86. The molecule has 76 valence electrons. The summed E-state index contributed by atoms with van der Waals surface area (Å²) in [6.07, 6.45) is 8.35. The van der Waals surface area contributed by atoms with Crippen LogP contribution in [-0.4, -0.2) is 31.1 Å². The monoisotopic (exact) mass is 182 g/mol. The van der Waals surface area contributed by atoms with Crippen LogP contribution in [-0.2, 0) is 0 Å². The van der Waals surface area contributed by atoms with E-state index in [2.05, 4.69) is 11.9 Å². The third-order valence-electron chi connectivity index (χ3n) is 3.85. The van der Waals surface area contributed by atoms with E-state index >= 15 is 0 Å². The van der Waals surface area contributed by atoms with Gasteiger partial charge in [-0.2, -0.15) is 0 Å². The topological polar surface area (TPSA) is 29.3 Å². The van der Waals surface area contributed by atoms with Crippen LogP contribution >= 0.6 is 0 Å². The molecule has 0 spiro atoms. The van der Waals surface area contributed by atoms with E-state index in [4.69, 9.17) is 5.73 Å². The highest BCUT2D eigenvalue weighted by atomic mass is 15.2. The van der Waals surface area contributed by atoms with Crippen molar-refractivity contribution < 1.29 is 0 Å². The van der Waals surface area contributed by atoms with Gasteiger partial charge in [-0.1, -0.05) is 12.8 Å². The van der Waals surface area contributed by atoms with Gasteiger partial charge in [0, 0.05) is 12.6 Å². The Morgan fingerprint density at radius 2 is 1.92 bits per heavy atom. The van der Waals surface area contributed by atoms with E-state index in [1.807, 2.05) is 0 Å². The Kier molecular flexibility index (Phi) is 2.61. The first-order valence-corrected chi connectivity index (χ1v) is 5.66. The molecule has 2 saturated carbocycles. The Labute approximate surface area is 81.5 Å². The molecule has 0 aliphatic heterocycles. The van der Waals surface area contributed by atoms with Crippen molar-refractivity contribution in [1.82, 2.24) is 4.90 Å². The van der Waals surface area contributed by atoms with Gasteiger partial charge in [0.15, 0.2) is 0 Å². The maximum atomic E-state index is 5.91. The summed E-state index contributed by atoms with van der Waals surface area (Å²) in [5, 5.41) is 0. The minimum absolute atomic E-state index is 0.483. The van der Waals surface area contributed by atoms with Gasteiger partial charge < -0.3 is 10.6 Å². The lowest BCUT2D eigenvalue weighted by Crippen LogP contribution is -2.40. The molecule has 2 nitrogen and oxygen atoms in total. The average molecular weight is 182 g/mol. The summed E-state index contributed by atoms with van der Waals surface area (Å²) in [4.78, 5) is 2.54. The van der Waals surface area contributed by atoms with Crippen molar-refractivity contribution in [2.75, 3.05) is 20.1 Å². The van der Waals surface area contributed by atoms with Crippen molar-refractivity contribution in [3.63, 3.8) is 0 Å². The predicted octanol–water partition coefficient (Wildman–Crippen LogP) is 1.60. The number of hydrogen-bond donors (Lipinski definition) is 1. The minimum atomic E-state index is 0.483. The fraction of sp³-hybridized carbons (Fsp3) is 1.00. The van der Waals surface area contributed by atoms with E-state index in [1.165, 1.54) is 45.1 Å². The van der Waals surface area contributed by atoms with Crippen LogP contribution in [0.5, 0.6) is 0 Å². The summed E-state index contributed by atoms with van der Waals surface area (Å²) in [7, 11) is 2.27. The molecule has 0 radical (unpaired) electrons. The number of hydrogen-bond acceptors (Lipinski definition) is 2. The highest BCUT2D eigenvalue weighted by molar-refractivity contribution is 4.92. The van der Waals surface area contributed by atoms with Crippen molar-refractivity contribution in [2.24, 2.45) is 11.1 Å². The van der Waals surface area contributed by atoms with E-state index in [0.29, 0.717) is 5.41 Å². The molecule has 13 heavy (non-hydrogen) atoms. The first-order valence-electron chi connectivity index (χ1n) is 5.66. The predicted molar refractivity (Wildman–Crippen MR) is 55.6 cm³/mol. The van der Waals surface area contributed by atoms with Gasteiger partial charge in [0.05, 0.1) is 0 Å². The standard InChI is InChI=1S/C11H22N2/c1-13(10-4-5-10)9-11(8-12)6-2-3-7-11/h10H,2-9,12H2,1H3. The number of rotatable bonds is 4. The van der Waals surface area contributed by atoms with Crippen LogP contribution in [0.3, 0.4) is 0 Å². The molecule has 2 aliphatic carbocycles. The molecule has 0 aromatic carbocycles. The van der Waals surface area contributed by atoms with Gasteiger partial charge in [0.25, 0.3) is 0 Å². The van der Waals surface area contributed by atoms with Crippen LogP contribution < -0.4 is 5.73 Å². The molecule has 0 aromatic heterocycles. The second kappa shape index (κ2) is 3.58. The molecule has 2 heteroatoms. The molecule has 2 rings (SSSR count). The molecular weight excluding hydrogens is 160 g/mol. The molecule has 2 N–H and O–H groups in total. The Morgan fingerprint density at radius 3 is 2.38 bits per heavy atom. The molecule has 0 atom stereocenters. The van der Waals surface area contributed by atoms with Gasteiger partial charge >= 0.3 is 0 Å². The molecular formula is C11H22N2. The highest BCUT2D eigenvalue weighted by Gasteiger charge is 2.37. The fourth-order valence-corrected chi connectivity index (χ4v) is 2.73. The van der Waals surface area contributed by atoms with Crippen LogP contribution in [0.2, 0.25) is 0 Å². The van der Waals surface area contributed by atoms with Gasteiger partial charge in [-0.3, -0.25) is 0 Å². The largest absolute Gasteiger partial charge is 0.330 e. The first kappa shape index (κ1) is 9.47. The van der Waals surface area contributed by atoms with Crippen molar-refractivity contribution in [3.05, 3.63) is 0 Å². The highest BCUT2D eigenvalue weighted by Crippen LogP contribution is 2.39. The molecule has 0 saturated heterocycles. The third kappa shape index (κ3) is 2.05. The summed E-state index contributed by atoms with van der Waals surface area (Å²) in [5.74, 6) is 0. The van der Waals surface area contributed by atoms with Crippen molar-refractivity contribution in [1.29, 1.82) is 0 Å². The zero-order chi connectivity index (χ0) is 9.31. The lowest BCUT2D eigenvalue weighted by molar-refractivity contribution is 0.178. The van der Waals surface area contributed by atoms with Crippen molar-refractivity contribution >= 4 is 0 Å². The van der Waals surface area contributed by atoms with E-state index in [1.54, 1.807) is 0 Å². The summed E-state index contributed by atoms with van der Waals surface area (Å²) in [6.45, 7) is 2.14. The molecule has 0 heterocycles. The Morgan fingerprint density at radius 1 is 1.31 bits per heavy atom. The molecule has 0 bridgehead atoms. The third-order valence-corrected chi connectivity index (χ3v) is 3.85. The second-order valence-electron chi connectivity index (χ2n) is 5.06. The summed E-state index contributed by atoms with van der Waals surface area (Å²) >= 11 is 0. The van der Waals surface area contributed by atoms with Gasteiger partial charge in [-0.15, -0.1) is 0 Å². The Hall–Kier alpha value is -0.0800. The van der Waals surface area contributed by atoms with Gasteiger partial charge in [0.1, 0.15) is 0 Å². The van der Waals surface area contributed by atoms with Crippen LogP contribution in [0, 0.1) is 5.41 Å². The maximum Gasteiger partial charge on any atom is 0.00936 e. The summed E-state index contributed by atoms with van der Waals surface area (Å²) in [5.41, 5.74) is 6.39. The van der Waals surface area contributed by atoms with Crippen LogP contribution in [0.4, 0.5) is 0 Å². The van der Waals surface area contributed by atoms with Crippen LogP contribution in [0.1, 0.15) is 38.5 Å². The molecule has 0 aromatic rings. The smallest absolute Gasteiger partial charge is 0.00936 e. The lowest BCUT2D eigenvalue weighted by Gasteiger charge is -2.32. The zero-order valence-electron chi connectivity index (χ0n) is 8.76. The van der Waals surface area contributed by atoms with E-state index < -0.39 is 0 Å². The van der Waals surface area contributed by atoms with Crippen LogP contribution in [0.25, 0.3) is 0 Å². The molecule has 0 unspecified atom stereocenters. The quantitative estimate of drug-likeness (QED) is 0.715. The van der Waals surface area contributed by atoms with E-state index in [9.17, 15) is 0 Å². The van der Waals surface area contributed by atoms with Gasteiger partial charge in [-0.25, -0.2) is 0 Å². The normalized spacial score (nSPS) is 27.0.